The fraction of sp³-hybridized carbons (Fsp3) is 0.310. The van der Waals surface area contributed by atoms with Gasteiger partial charge in [-0.25, -0.2) is 13.5 Å². The number of nitrogens with zero attached hydrogens (tertiary/aromatic N) is 3. The van der Waals surface area contributed by atoms with E-state index in [4.69, 9.17) is 14.9 Å². The summed E-state index contributed by atoms with van der Waals surface area (Å²) in [6.45, 7) is 2.54. The van der Waals surface area contributed by atoms with E-state index in [1.54, 1.807) is 46.1 Å². The number of halogens is 2. The van der Waals surface area contributed by atoms with Gasteiger partial charge in [0, 0.05) is 23.9 Å². The zero-order chi connectivity index (χ0) is 26.2. The van der Waals surface area contributed by atoms with Crippen molar-refractivity contribution < 1.29 is 23.4 Å². The Labute approximate surface area is 215 Å². The first-order valence-corrected chi connectivity index (χ1v) is 12.4. The molecule has 0 saturated carbocycles. The van der Waals surface area contributed by atoms with Gasteiger partial charge in [0.25, 0.3) is 5.91 Å². The molecule has 0 bridgehead atoms. The maximum atomic E-state index is 13.6. The summed E-state index contributed by atoms with van der Waals surface area (Å²) in [5.41, 5.74) is 3.89. The Morgan fingerprint density at radius 3 is 2.46 bits per heavy atom. The van der Waals surface area contributed by atoms with Crippen LogP contribution in [0.2, 0.25) is 0 Å². The quantitative estimate of drug-likeness (QED) is 0.337. The third kappa shape index (κ3) is 6.58. The highest BCUT2D eigenvalue weighted by Crippen LogP contribution is 2.35. The van der Waals surface area contributed by atoms with Crippen LogP contribution in [0.4, 0.5) is 8.78 Å². The van der Waals surface area contributed by atoms with Crippen LogP contribution in [-0.4, -0.2) is 45.5 Å². The van der Waals surface area contributed by atoms with E-state index in [1.165, 1.54) is 29.8 Å². The molecule has 1 aromatic heterocycles. The van der Waals surface area contributed by atoms with Crippen molar-refractivity contribution in [2.45, 2.75) is 38.8 Å². The minimum absolute atomic E-state index is 0.0301. The zero-order valence-electron chi connectivity index (χ0n) is 20.8. The first-order valence-electron chi connectivity index (χ1n) is 12.4. The van der Waals surface area contributed by atoms with Crippen molar-refractivity contribution in [3.05, 3.63) is 95.7 Å². The average molecular weight is 508 g/mol. The van der Waals surface area contributed by atoms with Crippen LogP contribution in [0, 0.1) is 11.6 Å². The van der Waals surface area contributed by atoms with Crippen LogP contribution in [0.15, 0.2) is 78.5 Å². The molecule has 0 spiro atoms. The van der Waals surface area contributed by atoms with E-state index >= 15 is 0 Å². The van der Waals surface area contributed by atoms with Gasteiger partial charge in [0.05, 0.1) is 12.3 Å². The fourth-order valence-electron chi connectivity index (χ4n) is 4.43. The van der Waals surface area contributed by atoms with Crippen LogP contribution >= 0.6 is 0 Å². The van der Waals surface area contributed by atoms with Crippen LogP contribution < -0.4 is 0 Å². The third-order valence-corrected chi connectivity index (χ3v) is 6.39. The molecule has 1 amide bonds. The highest BCUT2D eigenvalue weighted by Gasteiger charge is 2.36. The Balaban J connectivity index is 1.56. The van der Waals surface area contributed by atoms with Crippen molar-refractivity contribution >= 4 is 5.91 Å². The molecule has 2 heterocycles. The Morgan fingerprint density at radius 2 is 1.78 bits per heavy atom. The minimum atomic E-state index is -0.636. The molecule has 1 unspecified atom stereocenters. The van der Waals surface area contributed by atoms with Gasteiger partial charge in [-0.3, -0.25) is 4.79 Å². The monoisotopic (exact) mass is 507 g/mol. The summed E-state index contributed by atoms with van der Waals surface area (Å²) >= 11 is 0. The number of ether oxygens (including phenoxy) is 1. The van der Waals surface area contributed by atoms with E-state index in [9.17, 15) is 13.6 Å². The van der Waals surface area contributed by atoms with Gasteiger partial charge in [-0.05, 0) is 81.1 Å². The van der Waals surface area contributed by atoms with Crippen LogP contribution in [0.25, 0.3) is 16.9 Å². The van der Waals surface area contributed by atoms with Crippen molar-refractivity contribution in [3.63, 3.8) is 0 Å². The van der Waals surface area contributed by atoms with Crippen molar-refractivity contribution in [1.29, 1.82) is 0 Å². The Bertz CT molecular complexity index is 1250. The highest BCUT2D eigenvalue weighted by molar-refractivity contribution is 5.80. The van der Waals surface area contributed by atoms with Crippen molar-refractivity contribution in [2.75, 3.05) is 19.8 Å². The molecule has 37 heavy (non-hydrogen) atoms. The number of aliphatic hydroxyl groups is 1. The van der Waals surface area contributed by atoms with Crippen molar-refractivity contribution in [3.8, 4) is 16.9 Å². The summed E-state index contributed by atoms with van der Waals surface area (Å²) in [5, 5.41) is 13.6. The topological polar surface area (TPSA) is 67.6 Å². The lowest BCUT2D eigenvalue weighted by Gasteiger charge is -2.23. The number of allylic oxidation sites excluding steroid dienone is 3. The molecule has 1 aliphatic heterocycles. The minimum Gasteiger partial charge on any atom is -0.392 e. The van der Waals surface area contributed by atoms with Gasteiger partial charge in [0.1, 0.15) is 23.9 Å². The van der Waals surface area contributed by atoms with E-state index in [1.807, 2.05) is 13.0 Å². The largest absolute Gasteiger partial charge is 0.392 e. The lowest BCUT2D eigenvalue weighted by Crippen LogP contribution is -2.29. The second-order valence-electron chi connectivity index (χ2n) is 8.85. The van der Waals surface area contributed by atoms with E-state index < -0.39 is 6.23 Å². The molecular formula is C29H31F2N3O3. The maximum absolute atomic E-state index is 13.6. The molecule has 1 fully saturated rings. The zero-order valence-corrected chi connectivity index (χ0v) is 20.8. The molecule has 0 aliphatic carbocycles. The lowest BCUT2D eigenvalue weighted by molar-refractivity contribution is -0.128. The standard InChI is InChI=1S/C29H31F2N3O3/c1-2-21(7-4-3-5-18-35)8-6-17-33-27(36)20-37-29(33)26-19-34(25-15-13-24(31)14-16-25)32-28(26)22-9-11-23(30)12-10-22/h2-3,5,9-16,19,29,35H,4,6-8,17-18,20H2,1H3/b5-3-,21-2+. The SMILES string of the molecule is C/C=C(\CC/C=C\CO)CCCN1C(=O)COC1c1cn(-c2ccc(F)cc2)nc1-c1ccc(F)cc1. The molecule has 1 saturated heterocycles. The number of aromatic nitrogens is 2. The average Bonchev–Trinajstić information content (AvgIpc) is 3.50. The summed E-state index contributed by atoms with van der Waals surface area (Å²) < 4.78 is 34.7. The first kappa shape index (κ1) is 26.4. The van der Waals surface area contributed by atoms with Gasteiger partial charge in [-0.2, -0.15) is 5.10 Å². The molecule has 2 aromatic carbocycles. The van der Waals surface area contributed by atoms with Crippen molar-refractivity contribution in [1.82, 2.24) is 14.7 Å². The smallest absolute Gasteiger partial charge is 0.250 e. The molecule has 6 nitrogen and oxygen atoms in total. The number of aliphatic hydroxyl groups excluding tert-OH is 1. The molecule has 0 radical (unpaired) electrons. The first-order chi connectivity index (χ1) is 18.0. The third-order valence-electron chi connectivity index (χ3n) is 6.39. The van der Waals surface area contributed by atoms with Gasteiger partial charge >= 0.3 is 0 Å². The predicted molar refractivity (Wildman–Crippen MR) is 138 cm³/mol. The Morgan fingerprint density at radius 1 is 1.08 bits per heavy atom. The number of carbonyl (C=O) groups is 1. The van der Waals surface area contributed by atoms with Gasteiger partial charge < -0.3 is 14.7 Å². The lowest BCUT2D eigenvalue weighted by atomic mass is 10.0. The molecule has 3 aromatic rings. The molecule has 8 heteroatoms. The molecule has 4 rings (SSSR count). The number of amides is 1. The van der Waals surface area contributed by atoms with Crippen LogP contribution in [0.1, 0.15) is 44.4 Å². The molecule has 194 valence electrons. The summed E-state index contributed by atoms with van der Waals surface area (Å²) in [4.78, 5) is 14.5. The maximum Gasteiger partial charge on any atom is 0.250 e. The molecule has 1 N–H and O–H groups in total. The van der Waals surface area contributed by atoms with E-state index in [0.29, 0.717) is 29.1 Å². The Hall–Kier alpha value is -3.62. The number of benzene rings is 2. The number of rotatable bonds is 11. The number of hydrogen-bond donors (Lipinski definition) is 1. The van der Waals surface area contributed by atoms with Gasteiger partial charge in [-0.15, -0.1) is 0 Å². The number of hydrogen-bond acceptors (Lipinski definition) is 4. The molecule has 1 atom stereocenters. The fourth-order valence-corrected chi connectivity index (χ4v) is 4.43. The van der Waals surface area contributed by atoms with Crippen LogP contribution in [-0.2, 0) is 9.53 Å². The van der Waals surface area contributed by atoms with E-state index in [-0.39, 0.29) is 30.8 Å². The summed E-state index contributed by atoms with van der Waals surface area (Å²) in [7, 11) is 0. The van der Waals surface area contributed by atoms with Crippen molar-refractivity contribution in [2.24, 2.45) is 0 Å². The van der Waals surface area contributed by atoms with Gasteiger partial charge in [-0.1, -0.05) is 23.8 Å². The van der Waals surface area contributed by atoms with Gasteiger partial charge in [0.2, 0.25) is 0 Å². The highest BCUT2D eigenvalue weighted by atomic mass is 19.1. The second kappa shape index (κ2) is 12.6. The summed E-state index contributed by atoms with van der Waals surface area (Å²) in [6, 6.07) is 12.0. The van der Waals surface area contributed by atoms with Crippen LogP contribution in [0.3, 0.4) is 0 Å². The molecule has 1 aliphatic rings. The summed E-state index contributed by atoms with van der Waals surface area (Å²) in [6.07, 6.45) is 10.3. The number of carbonyl (C=O) groups excluding carboxylic acids is 1. The predicted octanol–water partition coefficient (Wildman–Crippen LogP) is 5.73. The van der Waals surface area contributed by atoms with Crippen LogP contribution in [0.5, 0.6) is 0 Å². The normalized spacial score (nSPS) is 16.3. The van der Waals surface area contributed by atoms with E-state index in [0.717, 1.165) is 25.7 Å². The second-order valence-corrected chi connectivity index (χ2v) is 8.85. The molecular weight excluding hydrogens is 476 g/mol. The summed E-state index contributed by atoms with van der Waals surface area (Å²) in [5.74, 6) is -0.808. The van der Waals surface area contributed by atoms with E-state index in [2.05, 4.69) is 6.08 Å². The Kier molecular flexibility index (Phi) is 8.98. The van der Waals surface area contributed by atoms with Gasteiger partial charge in [0.15, 0.2) is 6.23 Å².